The SMILES string of the molecule is NC1=Nc2c(nc(N)[nH]c2=O)C1[C@@H]1O[C@H](CI)[C@@H](O)[C@H]1O. The zero-order valence-corrected chi connectivity index (χ0v) is 12.9. The topological polar surface area (TPSA) is 160 Å². The molecule has 7 N–H and O–H groups in total. The van der Waals surface area contributed by atoms with Gasteiger partial charge >= 0.3 is 0 Å². The number of aliphatic hydroxyl groups is 2. The first-order chi connectivity index (χ1) is 9.93. The second-order valence-corrected chi connectivity index (χ2v) is 5.85. The third kappa shape index (κ3) is 2.22. The lowest BCUT2D eigenvalue weighted by molar-refractivity contribution is 0.0130. The summed E-state index contributed by atoms with van der Waals surface area (Å²) in [5.74, 6) is -0.659. The van der Waals surface area contributed by atoms with E-state index in [0.29, 0.717) is 4.43 Å². The van der Waals surface area contributed by atoms with Crippen LogP contribution >= 0.6 is 22.6 Å². The monoisotopic (exact) mass is 407 g/mol. The number of hydrogen-bond donors (Lipinski definition) is 5. The first-order valence-electron chi connectivity index (χ1n) is 6.25. The second-order valence-electron chi connectivity index (χ2n) is 4.97. The van der Waals surface area contributed by atoms with Crippen LogP contribution in [0, 0.1) is 0 Å². The number of nitrogen functional groups attached to an aromatic ring is 1. The predicted molar refractivity (Wildman–Crippen MR) is 82.9 cm³/mol. The quantitative estimate of drug-likeness (QED) is 0.290. The van der Waals surface area contributed by atoms with Gasteiger partial charge in [-0.25, -0.2) is 9.98 Å². The van der Waals surface area contributed by atoms with E-state index in [2.05, 4.69) is 37.6 Å². The maximum absolute atomic E-state index is 11.8. The summed E-state index contributed by atoms with van der Waals surface area (Å²) in [5, 5.41) is 20.1. The summed E-state index contributed by atoms with van der Waals surface area (Å²) in [5.41, 5.74) is 11.2. The van der Waals surface area contributed by atoms with Crippen LogP contribution in [0.25, 0.3) is 0 Å². The van der Waals surface area contributed by atoms with Crippen molar-refractivity contribution < 1.29 is 14.9 Å². The first kappa shape index (κ1) is 14.7. The predicted octanol–water partition coefficient (Wildman–Crippen LogP) is -1.64. The highest BCUT2D eigenvalue weighted by molar-refractivity contribution is 14.1. The lowest BCUT2D eigenvalue weighted by Crippen LogP contribution is -2.39. The number of nitrogens with one attached hydrogen (secondary N) is 1. The average Bonchev–Trinajstić information content (AvgIpc) is 2.89. The first-order valence-corrected chi connectivity index (χ1v) is 7.78. The molecule has 0 radical (unpaired) electrons. The maximum Gasteiger partial charge on any atom is 0.278 e. The molecule has 10 heteroatoms. The highest BCUT2D eigenvalue weighted by Gasteiger charge is 2.50. The molecule has 3 rings (SSSR count). The van der Waals surface area contributed by atoms with Crippen LogP contribution in [-0.4, -0.2) is 54.9 Å². The minimum Gasteiger partial charge on any atom is -0.388 e. The molecule has 0 aliphatic carbocycles. The zero-order chi connectivity index (χ0) is 15.3. The van der Waals surface area contributed by atoms with Crippen molar-refractivity contribution in [2.24, 2.45) is 10.7 Å². The molecule has 1 aromatic heterocycles. The molecule has 0 amide bonds. The van der Waals surface area contributed by atoms with Gasteiger partial charge in [0.1, 0.15) is 24.1 Å². The number of hydrogen-bond acceptors (Lipinski definition) is 8. The molecule has 0 saturated carbocycles. The number of fused-ring (bicyclic) bond motifs is 1. The number of H-pyrrole nitrogens is 1. The number of aliphatic imine (C=N–C) groups is 1. The Balaban J connectivity index is 2.03. The average molecular weight is 407 g/mol. The highest BCUT2D eigenvalue weighted by Crippen LogP contribution is 2.39. The van der Waals surface area contributed by atoms with Crippen molar-refractivity contribution in [1.29, 1.82) is 0 Å². The van der Waals surface area contributed by atoms with E-state index in [1.807, 2.05) is 0 Å². The van der Waals surface area contributed by atoms with Crippen LogP contribution < -0.4 is 17.0 Å². The van der Waals surface area contributed by atoms with Crippen molar-refractivity contribution in [2.75, 3.05) is 10.2 Å². The van der Waals surface area contributed by atoms with Crippen LogP contribution in [0.1, 0.15) is 11.6 Å². The number of aliphatic hydroxyl groups excluding tert-OH is 2. The Morgan fingerprint density at radius 3 is 2.67 bits per heavy atom. The Labute approximate surface area is 132 Å². The molecule has 0 bridgehead atoms. The van der Waals surface area contributed by atoms with Crippen molar-refractivity contribution in [3.63, 3.8) is 0 Å². The summed E-state index contributed by atoms with van der Waals surface area (Å²) in [4.78, 5) is 22.2. The summed E-state index contributed by atoms with van der Waals surface area (Å²) in [6.07, 6.45) is -3.50. The van der Waals surface area contributed by atoms with E-state index in [4.69, 9.17) is 16.2 Å². The van der Waals surface area contributed by atoms with Crippen LogP contribution in [0.15, 0.2) is 9.79 Å². The van der Waals surface area contributed by atoms with E-state index in [1.165, 1.54) is 0 Å². The number of nitrogens with zero attached hydrogens (tertiary/aromatic N) is 2. The number of nitrogens with two attached hydrogens (primary N) is 2. The number of aromatic amines is 1. The Morgan fingerprint density at radius 1 is 1.33 bits per heavy atom. The van der Waals surface area contributed by atoms with Crippen LogP contribution in [0.4, 0.5) is 11.6 Å². The number of ether oxygens (including phenoxy) is 1. The minimum absolute atomic E-state index is 0.0628. The molecule has 1 fully saturated rings. The van der Waals surface area contributed by atoms with Crippen molar-refractivity contribution in [2.45, 2.75) is 30.3 Å². The molecule has 9 nitrogen and oxygen atoms in total. The van der Waals surface area contributed by atoms with Crippen molar-refractivity contribution in [3.8, 4) is 0 Å². The number of halogens is 1. The standard InChI is InChI=1S/C11H14IN5O4/c12-1-2-6(18)7(19)8(21-2)3-4-5(15-9(3)13)10(20)17-11(14)16-4/h2-3,6-8,18-19H,1H2,(H2,13,15)(H3,14,16,17,20)/t2-,3?,6-,7-,8+/m1/s1. The van der Waals surface area contributed by atoms with Gasteiger partial charge in [-0.3, -0.25) is 9.78 Å². The third-order valence-electron chi connectivity index (χ3n) is 3.67. The molecule has 21 heavy (non-hydrogen) atoms. The van der Waals surface area contributed by atoms with E-state index >= 15 is 0 Å². The van der Waals surface area contributed by atoms with Gasteiger partial charge in [-0.2, -0.15) is 0 Å². The fourth-order valence-electron chi connectivity index (χ4n) is 2.67. The van der Waals surface area contributed by atoms with Gasteiger partial charge in [-0.15, -0.1) is 0 Å². The van der Waals surface area contributed by atoms with Gasteiger partial charge in [0.2, 0.25) is 5.95 Å². The molecule has 2 aliphatic rings. The van der Waals surface area contributed by atoms with E-state index in [9.17, 15) is 15.0 Å². The van der Waals surface area contributed by atoms with Crippen LogP contribution in [-0.2, 0) is 4.74 Å². The van der Waals surface area contributed by atoms with Gasteiger partial charge in [0, 0.05) is 4.43 Å². The number of amidine groups is 1. The minimum atomic E-state index is -1.14. The summed E-state index contributed by atoms with van der Waals surface area (Å²) in [6, 6.07) is 0. The fourth-order valence-corrected chi connectivity index (χ4v) is 3.40. The van der Waals surface area contributed by atoms with Crippen LogP contribution in [0.2, 0.25) is 0 Å². The van der Waals surface area contributed by atoms with E-state index in [-0.39, 0.29) is 23.2 Å². The summed E-state index contributed by atoms with van der Waals surface area (Å²) in [7, 11) is 0. The lowest BCUT2D eigenvalue weighted by atomic mass is 9.93. The molecular weight excluding hydrogens is 393 g/mol. The van der Waals surface area contributed by atoms with Gasteiger partial charge in [0.05, 0.1) is 17.7 Å². The molecule has 5 atom stereocenters. The highest BCUT2D eigenvalue weighted by atomic mass is 127. The molecular formula is C11H14IN5O4. The van der Waals surface area contributed by atoms with Gasteiger partial charge < -0.3 is 26.4 Å². The van der Waals surface area contributed by atoms with Crippen LogP contribution in [0.3, 0.4) is 0 Å². The maximum atomic E-state index is 11.8. The van der Waals surface area contributed by atoms with E-state index < -0.39 is 35.9 Å². The fraction of sp³-hybridized carbons (Fsp3) is 0.545. The zero-order valence-electron chi connectivity index (χ0n) is 10.7. The molecule has 1 saturated heterocycles. The Hall–Kier alpha value is -1.24. The Morgan fingerprint density at radius 2 is 2.05 bits per heavy atom. The van der Waals surface area contributed by atoms with Crippen molar-refractivity contribution in [3.05, 3.63) is 16.0 Å². The summed E-state index contributed by atoms with van der Waals surface area (Å²) >= 11 is 2.06. The molecule has 1 aromatic rings. The Kier molecular flexibility index (Phi) is 3.63. The van der Waals surface area contributed by atoms with Gasteiger partial charge in [-0.1, -0.05) is 22.6 Å². The Bertz CT molecular complexity index is 663. The van der Waals surface area contributed by atoms with Gasteiger partial charge in [0.15, 0.2) is 5.69 Å². The molecule has 3 heterocycles. The molecule has 1 unspecified atom stereocenters. The number of alkyl halides is 1. The molecule has 0 spiro atoms. The molecule has 0 aromatic carbocycles. The van der Waals surface area contributed by atoms with Crippen molar-refractivity contribution >= 4 is 40.1 Å². The van der Waals surface area contributed by atoms with Crippen molar-refractivity contribution in [1.82, 2.24) is 9.97 Å². The molecule has 2 aliphatic heterocycles. The van der Waals surface area contributed by atoms with E-state index in [0.717, 1.165) is 0 Å². The largest absolute Gasteiger partial charge is 0.388 e. The van der Waals surface area contributed by atoms with E-state index in [1.54, 1.807) is 0 Å². The smallest absolute Gasteiger partial charge is 0.278 e. The van der Waals surface area contributed by atoms with Gasteiger partial charge in [0.25, 0.3) is 5.56 Å². The summed E-state index contributed by atoms with van der Waals surface area (Å²) < 4.78 is 6.17. The normalized spacial score (nSPS) is 34.8. The lowest BCUT2D eigenvalue weighted by Gasteiger charge is -2.21. The summed E-state index contributed by atoms with van der Waals surface area (Å²) in [6.45, 7) is 0. The molecule has 114 valence electrons. The number of aromatic nitrogens is 2. The third-order valence-corrected chi connectivity index (χ3v) is 4.54. The number of rotatable bonds is 2. The number of anilines is 1. The van der Waals surface area contributed by atoms with Crippen LogP contribution in [0.5, 0.6) is 0 Å². The second kappa shape index (κ2) is 5.19. The van der Waals surface area contributed by atoms with Gasteiger partial charge in [-0.05, 0) is 0 Å².